The Morgan fingerprint density at radius 2 is 0.781 bits per heavy atom. The zero-order valence-corrected chi connectivity index (χ0v) is 17.2. The lowest BCUT2D eigenvalue weighted by Gasteiger charge is -2.10. The summed E-state index contributed by atoms with van der Waals surface area (Å²) >= 11 is 0. The minimum Gasteiger partial charge on any atom is -0.375 e. The molecule has 0 fully saturated rings. The maximum absolute atomic E-state index is 12.8. The molecule has 32 heavy (non-hydrogen) atoms. The van der Waals surface area contributed by atoms with Gasteiger partial charge in [0.15, 0.2) is 0 Å². The zero-order valence-electron chi connectivity index (χ0n) is 17.2. The van der Waals surface area contributed by atoms with Crippen molar-refractivity contribution < 1.29 is 14.3 Å². The van der Waals surface area contributed by atoms with Crippen LogP contribution in [0.3, 0.4) is 0 Å². The Balaban J connectivity index is 1.62. The van der Waals surface area contributed by atoms with E-state index in [1.54, 1.807) is 0 Å². The highest BCUT2D eigenvalue weighted by Gasteiger charge is 2.17. The molecule has 4 aromatic carbocycles. The second-order valence-corrected chi connectivity index (χ2v) is 6.69. The SMILES string of the molecule is O=C(OC(=Nc1ccccc1)c1ccccc1)OC(=Nc1ccccc1)c1ccccc1. The highest BCUT2D eigenvalue weighted by Crippen LogP contribution is 2.17. The Hall–Kier alpha value is -4.51. The van der Waals surface area contributed by atoms with Crippen molar-refractivity contribution in [2.24, 2.45) is 9.98 Å². The summed E-state index contributed by atoms with van der Waals surface area (Å²) in [7, 11) is 0. The van der Waals surface area contributed by atoms with E-state index in [0.29, 0.717) is 22.5 Å². The van der Waals surface area contributed by atoms with Gasteiger partial charge in [-0.05, 0) is 48.5 Å². The van der Waals surface area contributed by atoms with E-state index < -0.39 is 6.16 Å². The maximum Gasteiger partial charge on any atom is 0.522 e. The summed E-state index contributed by atoms with van der Waals surface area (Å²) < 4.78 is 11.1. The molecule has 5 nitrogen and oxygen atoms in total. The van der Waals surface area contributed by atoms with Crippen LogP contribution >= 0.6 is 0 Å². The lowest BCUT2D eigenvalue weighted by Crippen LogP contribution is -2.19. The first kappa shape index (κ1) is 20.8. The molecule has 0 amide bonds. The fourth-order valence-electron chi connectivity index (χ4n) is 2.87. The molecule has 0 aliphatic rings. The van der Waals surface area contributed by atoms with Crippen LogP contribution < -0.4 is 0 Å². The molecular formula is C27H20N2O3. The average Bonchev–Trinajstić information content (AvgIpc) is 2.86. The number of rotatable bonds is 4. The van der Waals surface area contributed by atoms with E-state index in [4.69, 9.17) is 9.47 Å². The summed E-state index contributed by atoms with van der Waals surface area (Å²) in [5, 5.41) is 0. The summed E-state index contributed by atoms with van der Waals surface area (Å²) in [6, 6.07) is 36.9. The fraction of sp³-hybridized carbons (Fsp3) is 0. The van der Waals surface area contributed by atoms with Crippen LogP contribution in [-0.4, -0.2) is 18.0 Å². The molecule has 4 rings (SSSR count). The quantitative estimate of drug-likeness (QED) is 0.210. The Kier molecular flexibility index (Phi) is 6.81. The third-order valence-corrected chi connectivity index (χ3v) is 4.38. The molecule has 0 spiro atoms. The van der Waals surface area contributed by atoms with Gasteiger partial charge in [0.05, 0.1) is 11.4 Å². The molecule has 0 atom stereocenters. The molecule has 0 radical (unpaired) electrons. The largest absolute Gasteiger partial charge is 0.522 e. The number of carbonyl (C=O) groups excluding carboxylic acids is 1. The summed E-state index contributed by atoms with van der Waals surface area (Å²) in [5.74, 6) is 0.267. The summed E-state index contributed by atoms with van der Waals surface area (Å²) in [6.45, 7) is 0. The molecule has 0 unspecified atom stereocenters. The summed E-state index contributed by atoms with van der Waals surface area (Å²) in [4.78, 5) is 21.8. The molecule has 0 aliphatic heterocycles. The van der Waals surface area contributed by atoms with Gasteiger partial charge in [-0.3, -0.25) is 0 Å². The number of para-hydroxylation sites is 2. The molecule has 0 aliphatic carbocycles. The second kappa shape index (κ2) is 10.5. The zero-order chi connectivity index (χ0) is 22.0. The smallest absolute Gasteiger partial charge is 0.375 e. The fourth-order valence-corrected chi connectivity index (χ4v) is 2.87. The van der Waals surface area contributed by atoms with E-state index in [1.165, 1.54) is 0 Å². The van der Waals surface area contributed by atoms with Gasteiger partial charge in [0.25, 0.3) is 0 Å². The molecule has 0 saturated carbocycles. The Morgan fingerprint density at radius 3 is 1.12 bits per heavy atom. The third kappa shape index (κ3) is 5.77. The van der Waals surface area contributed by atoms with E-state index in [1.807, 2.05) is 121 Å². The number of nitrogens with zero attached hydrogens (tertiary/aromatic N) is 2. The van der Waals surface area contributed by atoms with Gasteiger partial charge in [0.1, 0.15) is 0 Å². The van der Waals surface area contributed by atoms with Crippen molar-refractivity contribution >= 4 is 29.3 Å². The Bertz CT molecular complexity index is 1110. The van der Waals surface area contributed by atoms with Crippen LogP contribution in [0.15, 0.2) is 131 Å². The Morgan fingerprint density at radius 1 is 0.469 bits per heavy atom. The van der Waals surface area contributed by atoms with Crippen LogP contribution in [0.4, 0.5) is 16.2 Å². The molecule has 0 saturated heterocycles. The number of carbonyl (C=O) groups is 1. The van der Waals surface area contributed by atoms with Gasteiger partial charge in [-0.1, -0.05) is 72.8 Å². The summed E-state index contributed by atoms with van der Waals surface area (Å²) in [5.41, 5.74) is 2.60. The van der Waals surface area contributed by atoms with Crippen LogP contribution in [0.1, 0.15) is 11.1 Å². The molecule has 0 N–H and O–H groups in total. The first-order valence-electron chi connectivity index (χ1n) is 10.1. The van der Waals surface area contributed by atoms with Crippen molar-refractivity contribution in [3.05, 3.63) is 132 Å². The second-order valence-electron chi connectivity index (χ2n) is 6.69. The van der Waals surface area contributed by atoms with E-state index >= 15 is 0 Å². The van der Waals surface area contributed by atoms with Gasteiger partial charge in [0, 0.05) is 11.1 Å². The summed E-state index contributed by atoms with van der Waals surface area (Å²) in [6.07, 6.45) is -0.929. The number of benzene rings is 4. The van der Waals surface area contributed by atoms with Crippen LogP contribution in [0.5, 0.6) is 0 Å². The van der Waals surface area contributed by atoms with E-state index in [2.05, 4.69) is 9.98 Å². The van der Waals surface area contributed by atoms with Crippen molar-refractivity contribution in [3.8, 4) is 0 Å². The molecule has 5 heteroatoms. The van der Waals surface area contributed by atoms with Gasteiger partial charge in [-0.2, -0.15) is 0 Å². The highest BCUT2D eigenvalue weighted by atomic mass is 16.7. The van der Waals surface area contributed by atoms with Crippen molar-refractivity contribution in [1.29, 1.82) is 0 Å². The van der Waals surface area contributed by atoms with Gasteiger partial charge in [-0.15, -0.1) is 0 Å². The van der Waals surface area contributed by atoms with Crippen molar-refractivity contribution in [2.45, 2.75) is 0 Å². The number of ether oxygens (including phenoxy) is 2. The lowest BCUT2D eigenvalue weighted by molar-refractivity contribution is 0.145. The number of hydrogen-bond acceptors (Lipinski definition) is 5. The molecule has 0 aromatic heterocycles. The van der Waals surface area contributed by atoms with Crippen molar-refractivity contribution in [1.82, 2.24) is 0 Å². The predicted molar refractivity (Wildman–Crippen MR) is 126 cm³/mol. The van der Waals surface area contributed by atoms with E-state index in [-0.39, 0.29) is 11.8 Å². The van der Waals surface area contributed by atoms with Crippen LogP contribution in [0.2, 0.25) is 0 Å². The number of hydrogen-bond donors (Lipinski definition) is 0. The molecule has 0 bridgehead atoms. The van der Waals surface area contributed by atoms with E-state index in [9.17, 15) is 4.79 Å². The monoisotopic (exact) mass is 420 g/mol. The molecular weight excluding hydrogens is 400 g/mol. The van der Waals surface area contributed by atoms with Crippen LogP contribution in [0, 0.1) is 0 Å². The first-order valence-corrected chi connectivity index (χ1v) is 10.1. The molecule has 156 valence electrons. The maximum atomic E-state index is 12.8. The van der Waals surface area contributed by atoms with Gasteiger partial charge in [-0.25, -0.2) is 14.8 Å². The average molecular weight is 420 g/mol. The first-order chi connectivity index (χ1) is 15.8. The topological polar surface area (TPSA) is 60.2 Å². The predicted octanol–water partition coefficient (Wildman–Crippen LogP) is 6.70. The third-order valence-electron chi connectivity index (χ3n) is 4.38. The van der Waals surface area contributed by atoms with Crippen LogP contribution in [-0.2, 0) is 9.47 Å². The standard InChI is InChI=1S/C27H20N2O3/c30-27(31-25(21-13-5-1-6-14-21)28-23-17-9-3-10-18-23)32-26(22-15-7-2-8-16-22)29-24-19-11-4-12-20-24/h1-20H. The minimum absolute atomic E-state index is 0.133. The van der Waals surface area contributed by atoms with E-state index in [0.717, 1.165) is 0 Å². The van der Waals surface area contributed by atoms with Gasteiger partial charge >= 0.3 is 6.16 Å². The van der Waals surface area contributed by atoms with Crippen molar-refractivity contribution in [2.75, 3.05) is 0 Å². The minimum atomic E-state index is -0.929. The normalized spacial score (nSPS) is 11.6. The van der Waals surface area contributed by atoms with Gasteiger partial charge in [0.2, 0.25) is 11.8 Å². The highest BCUT2D eigenvalue weighted by molar-refractivity contribution is 6.05. The lowest BCUT2D eigenvalue weighted by atomic mass is 10.2. The van der Waals surface area contributed by atoms with Crippen molar-refractivity contribution in [3.63, 3.8) is 0 Å². The van der Waals surface area contributed by atoms with Gasteiger partial charge < -0.3 is 9.47 Å². The molecule has 4 aromatic rings. The van der Waals surface area contributed by atoms with Crippen LogP contribution in [0.25, 0.3) is 0 Å². The molecule has 0 heterocycles. The Labute approximate surface area is 186 Å². The number of aliphatic imine (C=N–C) groups is 2.